The molecule has 1 atom stereocenters. The largest absolute Gasteiger partial charge is 0.507 e. The Hall–Kier alpha value is -1.23. The Balaban J connectivity index is 2.02. The van der Waals surface area contributed by atoms with E-state index in [0.29, 0.717) is 6.04 Å². The molecule has 0 aromatic carbocycles. The minimum Gasteiger partial charge on any atom is -0.507 e. The smallest absolute Gasteiger partial charge is 0.227 e. The first-order valence-corrected chi connectivity index (χ1v) is 6.71. The quantitative estimate of drug-likeness (QED) is 0.613. The molecule has 1 amide bonds. The molecule has 1 heterocycles. The Kier molecular flexibility index (Phi) is 3.57. The van der Waals surface area contributed by atoms with Crippen LogP contribution in [0.15, 0.2) is 17.5 Å². The number of aliphatic hydroxyl groups excluding tert-OH is 1. The summed E-state index contributed by atoms with van der Waals surface area (Å²) in [5.74, 6) is -0.0960. The third-order valence-electron chi connectivity index (χ3n) is 2.84. The molecule has 17 heavy (non-hydrogen) atoms. The van der Waals surface area contributed by atoms with Gasteiger partial charge in [0.2, 0.25) is 5.91 Å². The van der Waals surface area contributed by atoms with E-state index in [9.17, 15) is 9.90 Å². The van der Waals surface area contributed by atoms with Crippen LogP contribution in [-0.4, -0.2) is 24.9 Å². The molecule has 0 saturated heterocycles. The lowest BCUT2D eigenvalue weighted by molar-refractivity contribution is -0.123. The van der Waals surface area contributed by atoms with Crippen molar-refractivity contribution in [2.75, 3.05) is 0 Å². The lowest BCUT2D eigenvalue weighted by atomic mass is 9.96. The fourth-order valence-electron chi connectivity index (χ4n) is 1.58. The zero-order chi connectivity index (χ0) is 12.4. The molecule has 1 unspecified atom stereocenters. The molecule has 5 heteroatoms. The van der Waals surface area contributed by atoms with Gasteiger partial charge >= 0.3 is 0 Å². The maximum absolute atomic E-state index is 11.7. The topological polar surface area (TPSA) is 49.3 Å². The van der Waals surface area contributed by atoms with Crippen LogP contribution < -0.4 is 10.8 Å². The van der Waals surface area contributed by atoms with Crippen molar-refractivity contribution in [3.05, 3.63) is 22.4 Å². The first-order valence-electron chi connectivity index (χ1n) is 5.83. The van der Waals surface area contributed by atoms with E-state index >= 15 is 0 Å². The molecule has 1 fully saturated rings. The highest BCUT2D eigenvalue weighted by molar-refractivity contribution is 7.12. The van der Waals surface area contributed by atoms with Gasteiger partial charge < -0.3 is 10.4 Å². The molecule has 1 aromatic heterocycles. The van der Waals surface area contributed by atoms with Gasteiger partial charge in [-0.05, 0) is 31.2 Å². The van der Waals surface area contributed by atoms with Crippen molar-refractivity contribution in [1.82, 2.24) is 5.32 Å². The molecule has 90 valence electrons. The summed E-state index contributed by atoms with van der Waals surface area (Å²) in [6, 6.07) is 2.32. The number of amides is 1. The van der Waals surface area contributed by atoms with Crippen molar-refractivity contribution in [2.45, 2.75) is 25.8 Å². The Morgan fingerprint density at radius 1 is 1.71 bits per heavy atom. The average Bonchev–Trinajstić information content (AvgIpc) is 2.98. The summed E-state index contributed by atoms with van der Waals surface area (Å²) in [4.78, 5) is 12.6. The van der Waals surface area contributed by atoms with Gasteiger partial charge in [0.1, 0.15) is 13.6 Å². The standard InChI is InChI=1S/C12H16BNO2S/c1-7(12(16)14-8-2-3-8)6-10(15)11-9(13)4-5-17-11/h4-8,15H,2-3,13H2,1H3,(H,14,16)/b10-6-. The van der Waals surface area contributed by atoms with E-state index in [1.807, 2.05) is 19.3 Å². The Bertz CT molecular complexity index is 451. The zero-order valence-electron chi connectivity index (χ0n) is 10.1. The molecule has 1 aromatic rings. The predicted molar refractivity (Wildman–Crippen MR) is 73.4 cm³/mol. The molecule has 0 radical (unpaired) electrons. The molecule has 2 rings (SSSR count). The Morgan fingerprint density at radius 3 is 2.94 bits per heavy atom. The van der Waals surface area contributed by atoms with E-state index in [1.165, 1.54) is 11.3 Å². The van der Waals surface area contributed by atoms with Gasteiger partial charge in [-0.1, -0.05) is 11.5 Å². The highest BCUT2D eigenvalue weighted by atomic mass is 32.1. The van der Waals surface area contributed by atoms with Crippen LogP contribution in [-0.2, 0) is 4.79 Å². The van der Waals surface area contributed by atoms with Gasteiger partial charge in [-0.25, -0.2) is 0 Å². The molecule has 3 nitrogen and oxygen atoms in total. The van der Waals surface area contributed by atoms with Gasteiger partial charge in [0.15, 0.2) is 0 Å². The highest BCUT2D eigenvalue weighted by Crippen LogP contribution is 2.21. The second kappa shape index (κ2) is 4.96. The monoisotopic (exact) mass is 249 g/mol. The van der Waals surface area contributed by atoms with Gasteiger partial charge in [-0.15, -0.1) is 11.3 Å². The maximum Gasteiger partial charge on any atom is 0.227 e. The number of carbonyl (C=O) groups is 1. The highest BCUT2D eigenvalue weighted by Gasteiger charge is 2.25. The molecule has 0 aliphatic heterocycles. The van der Waals surface area contributed by atoms with Crippen molar-refractivity contribution in [2.24, 2.45) is 5.92 Å². The number of rotatable bonds is 4. The predicted octanol–water partition coefficient (Wildman–Crippen LogP) is 0.820. The third-order valence-corrected chi connectivity index (χ3v) is 3.88. The second-order valence-corrected chi connectivity index (χ2v) is 5.47. The van der Waals surface area contributed by atoms with Gasteiger partial charge in [0.05, 0.1) is 10.8 Å². The van der Waals surface area contributed by atoms with E-state index in [0.717, 1.165) is 23.2 Å². The summed E-state index contributed by atoms with van der Waals surface area (Å²) in [6.07, 6.45) is 3.78. The summed E-state index contributed by atoms with van der Waals surface area (Å²) in [5.41, 5.74) is 1.04. The fourth-order valence-corrected chi connectivity index (χ4v) is 2.43. The Labute approximate surface area is 106 Å². The van der Waals surface area contributed by atoms with Gasteiger partial charge in [-0.3, -0.25) is 4.79 Å². The van der Waals surface area contributed by atoms with Crippen LogP contribution in [0.1, 0.15) is 24.6 Å². The number of nitrogens with one attached hydrogen (secondary N) is 1. The molecule has 1 aliphatic carbocycles. The van der Waals surface area contributed by atoms with E-state index in [1.54, 1.807) is 13.0 Å². The summed E-state index contributed by atoms with van der Waals surface area (Å²) >= 11 is 1.49. The number of carbonyl (C=O) groups excluding carboxylic acids is 1. The average molecular weight is 249 g/mol. The van der Waals surface area contributed by atoms with Gasteiger partial charge in [0.25, 0.3) is 0 Å². The van der Waals surface area contributed by atoms with Crippen LogP contribution in [0.5, 0.6) is 0 Å². The minimum atomic E-state index is -0.294. The summed E-state index contributed by atoms with van der Waals surface area (Å²) < 4.78 is 0. The molecule has 1 aliphatic rings. The lowest BCUT2D eigenvalue weighted by Crippen LogP contribution is -2.30. The van der Waals surface area contributed by atoms with Crippen LogP contribution in [0, 0.1) is 5.92 Å². The zero-order valence-corrected chi connectivity index (χ0v) is 10.9. The number of hydrogen-bond donors (Lipinski definition) is 2. The third kappa shape index (κ3) is 3.13. The van der Waals surface area contributed by atoms with Crippen LogP contribution in [0.2, 0.25) is 0 Å². The molecule has 0 spiro atoms. The van der Waals surface area contributed by atoms with E-state index in [4.69, 9.17) is 0 Å². The SMILES string of the molecule is Bc1ccsc1/C(O)=C/C(C)C(=O)NC1CC1. The number of aliphatic hydroxyl groups is 1. The molecular formula is C12H16BNO2S. The normalized spacial score (nSPS) is 17.8. The molecule has 1 saturated carbocycles. The summed E-state index contributed by atoms with van der Waals surface area (Å²) in [6.45, 7) is 1.80. The van der Waals surface area contributed by atoms with Crippen molar-refractivity contribution < 1.29 is 9.90 Å². The lowest BCUT2D eigenvalue weighted by Gasteiger charge is -2.08. The van der Waals surface area contributed by atoms with Crippen LogP contribution in [0.3, 0.4) is 0 Å². The Morgan fingerprint density at radius 2 is 2.41 bits per heavy atom. The van der Waals surface area contributed by atoms with E-state index < -0.39 is 0 Å². The van der Waals surface area contributed by atoms with E-state index in [2.05, 4.69) is 5.32 Å². The molecular weight excluding hydrogens is 233 g/mol. The summed E-state index contributed by atoms with van der Waals surface area (Å²) in [7, 11) is 1.95. The van der Waals surface area contributed by atoms with Crippen molar-refractivity contribution in [3.8, 4) is 0 Å². The minimum absolute atomic E-state index is 0.00624. The van der Waals surface area contributed by atoms with Crippen LogP contribution in [0.25, 0.3) is 5.76 Å². The van der Waals surface area contributed by atoms with Crippen LogP contribution >= 0.6 is 11.3 Å². The van der Waals surface area contributed by atoms with Gasteiger partial charge in [-0.2, -0.15) is 0 Å². The fraction of sp³-hybridized carbons (Fsp3) is 0.417. The summed E-state index contributed by atoms with van der Waals surface area (Å²) in [5, 5.41) is 14.8. The first-order chi connectivity index (χ1) is 8.08. The maximum atomic E-state index is 11.7. The molecule has 0 bridgehead atoms. The second-order valence-electron chi connectivity index (χ2n) is 4.56. The van der Waals surface area contributed by atoms with Crippen molar-refractivity contribution >= 4 is 36.3 Å². The number of hydrogen-bond acceptors (Lipinski definition) is 3. The van der Waals surface area contributed by atoms with Gasteiger partial charge in [0, 0.05) is 6.04 Å². The number of thiophene rings is 1. The van der Waals surface area contributed by atoms with E-state index in [-0.39, 0.29) is 17.6 Å². The van der Waals surface area contributed by atoms with Crippen LogP contribution in [0.4, 0.5) is 0 Å². The van der Waals surface area contributed by atoms with Crippen molar-refractivity contribution in [3.63, 3.8) is 0 Å². The first kappa shape index (κ1) is 12.2. The molecule has 2 N–H and O–H groups in total. The van der Waals surface area contributed by atoms with Crippen molar-refractivity contribution in [1.29, 1.82) is 0 Å².